The van der Waals surface area contributed by atoms with Crippen molar-refractivity contribution in [1.82, 2.24) is 9.97 Å². The Morgan fingerprint density at radius 2 is 2.20 bits per heavy atom. The van der Waals surface area contributed by atoms with Crippen molar-refractivity contribution in [3.63, 3.8) is 0 Å². The largest absolute Gasteiger partial charge is 0.490 e. The minimum atomic E-state index is -0.464. The van der Waals surface area contributed by atoms with Gasteiger partial charge in [0.1, 0.15) is 0 Å². The van der Waals surface area contributed by atoms with Crippen molar-refractivity contribution in [2.45, 2.75) is 6.92 Å². The van der Waals surface area contributed by atoms with Crippen LogP contribution in [0.4, 0.5) is 5.69 Å². The molecule has 0 unspecified atom stereocenters. The zero-order valence-corrected chi connectivity index (χ0v) is 11.1. The minimum absolute atomic E-state index is 0.0619. The molecule has 0 saturated carbocycles. The van der Waals surface area contributed by atoms with Crippen LogP contribution in [0.3, 0.4) is 0 Å². The van der Waals surface area contributed by atoms with Crippen LogP contribution in [0.5, 0.6) is 5.75 Å². The van der Waals surface area contributed by atoms with E-state index in [0.29, 0.717) is 5.56 Å². The van der Waals surface area contributed by atoms with Gasteiger partial charge in [0.05, 0.1) is 23.9 Å². The third-order valence-corrected chi connectivity index (χ3v) is 2.75. The fourth-order valence-electron chi connectivity index (χ4n) is 1.77. The Hall–Kier alpha value is -2.76. The molecule has 1 aromatic carbocycles. The monoisotopic (exact) mass is 271 g/mol. The third kappa shape index (κ3) is 2.97. The molecule has 0 atom stereocenters. The SMILES string of the molecule is COc1ccc(/C=C(/C)c2cnccn2)cc1[N+](=O)[O-]. The van der Waals surface area contributed by atoms with Gasteiger partial charge in [0.25, 0.3) is 0 Å². The number of hydrogen-bond acceptors (Lipinski definition) is 5. The van der Waals surface area contributed by atoms with Crippen molar-refractivity contribution in [3.8, 4) is 5.75 Å². The lowest BCUT2D eigenvalue weighted by Crippen LogP contribution is -1.94. The molecule has 2 rings (SSSR count). The average molecular weight is 271 g/mol. The van der Waals surface area contributed by atoms with Gasteiger partial charge in [-0.05, 0) is 30.2 Å². The van der Waals surface area contributed by atoms with E-state index in [4.69, 9.17) is 4.74 Å². The number of nitrogens with zero attached hydrogens (tertiary/aromatic N) is 3. The van der Waals surface area contributed by atoms with Gasteiger partial charge < -0.3 is 4.74 Å². The van der Waals surface area contributed by atoms with E-state index in [2.05, 4.69) is 9.97 Å². The first-order valence-electron chi connectivity index (χ1n) is 5.89. The highest BCUT2D eigenvalue weighted by atomic mass is 16.6. The number of nitro benzene ring substituents is 1. The van der Waals surface area contributed by atoms with Gasteiger partial charge in [-0.15, -0.1) is 0 Å². The van der Waals surface area contributed by atoms with Gasteiger partial charge in [0, 0.05) is 18.5 Å². The molecule has 6 nitrogen and oxygen atoms in total. The van der Waals surface area contributed by atoms with E-state index in [1.165, 1.54) is 13.2 Å². The Bertz CT molecular complexity index is 654. The molecule has 0 amide bonds. The van der Waals surface area contributed by atoms with Crippen LogP contribution in [0.1, 0.15) is 18.2 Å². The number of allylic oxidation sites excluding steroid dienone is 1. The molecular weight excluding hydrogens is 258 g/mol. The van der Waals surface area contributed by atoms with Crippen molar-refractivity contribution >= 4 is 17.3 Å². The molecule has 2 aromatic rings. The van der Waals surface area contributed by atoms with Crippen LogP contribution in [0.25, 0.3) is 11.6 Å². The standard InChI is InChI=1S/C14H13N3O3/c1-10(12-9-15-5-6-16-12)7-11-3-4-14(20-2)13(8-11)17(18)19/h3-9H,1-2H3/b10-7-. The first kappa shape index (κ1) is 13.7. The van der Waals surface area contributed by atoms with Crippen molar-refractivity contribution in [2.75, 3.05) is 7.11 Å². The lowest BCUT2D eigenvalue weighted by Gasteiger charge is -2.03. The van der Waals surface area contributed by atoms with Crippen LogP contribution in [-0.4, -0.2) is 22.0 Å². The fourth-order valence-corrected chi connectivity index (χ4v) is 1.77. The van der Waals surface area contributed by atoms with Crippen molar-refractivity contribution in [1.29, 1.82) is 0 Å². The molecule has 0 aliphatic carbocycles. The summed E-state index contributed by atoms with van der Waals surface area (Å²) in [6.07, 6.45) is 6.65. The van der Waals surface area contributed by atoms with Crippen LogP contribution in [0.15, 0.2) is 36.8 Å². The highest BCUT2D eigenvalue weighted by molar-refractivity contribution is 5.79. The Morgan fingerprint density at radius 1 is 1.40 bits per heavy atom. The predicted octanol–water partition coefficient (Wildman–Crippen LogP) is 2.95. The molecule has 0 N–H and O–H groups in total. The zero-order valence-electron chi connectivity index (χ0n) is 11.1. The average Bonchev–Trinajstić information content (AvgIpc) is 2.48. The molecule has 102 valence electrons. The topological polar surface area (TPSA) is 78.2 Å². The van der Waals surface area contributed by atoms with Crippen LogP contribution < -0.4 is 4.74 Å². The second kappa shape index (κ2) is 5.92. The van der Waals surface area contributed by atoms with E-state index in [1.807, 2.05) is 13.0 Å². The molecule has 20 heavy (non-hydrogen) atoms. The quantitative estimate of drug-likeness (QED) is 0.631. The summed E-state index contributed by atoms with van der Waals surface area (Å²) in [6.45, 7) is 1.88. The summed E-state index contributed by atoms with van der Waals surface area (Å²) in [5, 5.41) is 11.0. The molecule has 0 aliphatic heterocycles. The third-order valence-electron chi connectivity index (χ3n) is 2.75. The van der Waals surface area contributed by atoms with E-state index >= 15 is 0 Å². The molecule has 1 aromatic heterocycles. The first-order chi connectivity index (χ1) is 9.61. The molecule has 0 spiro atoms. The highest BCUT2D eigenvalue weighted by Gasteiger charge is 2.14. The fraction of sp³-hybridized carbons (Fsp3) is 0.143. The number of aromatic nitrogens is 2. The molecule has 0 radical (unpaired) electrons. The normalized spacial score (nSPS) is 11.2. The van der Waals surface area contributed by atoms with Crippen LogP contribution in [-0.2, 0) is 0 Å². The van der Waals surface area contributed by atoms with Gasteiger partial charge in [0.2, 0.25) is 0 Å². The summed E-state index contributed by atoms with van der Waals surface area (Å²) in [7, 11) is 1.41. The minimum Gasteiger partial charge on any atom is -0.490 e. The number of methoxy groups -OCH3 is 1. The Kier molecular flexibility index (Phi) is 4.05. The lowest BCUT2D eigenvalue weighted by atomic mass is 10.1. The molecule has 0 saturated heterocycles. The van der Waals surface area contributed by atoms with E-state index in [1.54, 1.807) is 30.7 Å². The first-order valence-corrected chi connectivity index (χ1v) is 5.89. The van der Waals surface area contributed by atoms with E-state index < -0.39 is 4.92 Å². The summed E-state index contributed by atoms with van der Waals surface area (Å²) in [4.78, 5) is 18.7. The molecule has 0 bridgehead atoms. The predicted molar refractivity (Wildman–Crippen MR) is 75.2 cm³/mol. The lowest BCUT2D eigenvalue weighted by molar-refractivity contribution is -0.385. The molecule has 0 fully saturated rings. The maximum Gasteiger partial charge on any atom is 0.311 e. The van der Waals surface area contributed by atoms with Gasteiger partial charge in [-0.3, -0.25) is 20.1 Å². The summed E-state index contributed by atoms with van der Waals surface area (Å²) in [6, 6.07) is 4.80. The van der Waals surface area contributed by atoms with Gasteiger partial charge in [-0.2, -0.15) is 0 Å². The highest BCUT2D eigenvalue weighted by Crippen LogP contribution is 2.29. The van der Waals surface area contributed by atoms with Crippen molar-refractivity contribution in [3.05, 3.63) is 58.2 Å². The molecule has 1 heterocycles. The van der Waals surface area contributed by atoms with Gasteiger partial charge in [0.15, 0.2) is 5.75 Å². The number of benzene rings is 1. The smallest absolute Gasteiger partial charge is 0.311 e. The van der Waals surface area contributed by atoms with E-state index in [0.717, 1.165) is 11.3 Å². The molecule has 0 aliphatic rings. The maximum atomic E-state index is 11.0. The van der Waals surface area contributed by atoms with Crippen LogP contribution in [0.2, 0.25) is 0 Å². The second-order valence-electron chi connectivity index (χ2n) is 4.11. The molecule has 6 heteroatoms. The van der Waals surface area contributed by atoms with Crippen molar-refractivity contribution < 1.29 is 9.66 Å². The number of ether oxygens (including phenoxy) is 1. The van der Waals surface area contributed by atoms with E-state index in [-0.39, 0.29) is 11.4 Å². The summed E-state index contributed by atoms with van der Waals surface area (Å²) in [5.41, 5.74) is 2.25. The van der Waals surface area contributed by atoms with Crippen molar-refractivity contribution in [2.24, 2.45) is 0 Å². The van der Waals surface area contributed by atoms with E-state index in [9.17, 15) is 10.1 Å². The molecular formula is C14H13N3O3. The van der Waals surface area contributed by atoms with Crippen LogP contribution >= 0.6 is 0 Å². The Morgan fingerprint density at radius 3 is 2.80 bits per heavy atom. The maximum absolute atomic E-state index is 11.0. The zero-order chi connectivity index (χ0) is 14.5. The van der Waals surface area contributed by atoms with Crippen LogP contribution in [0, 0.1) is 10.1 Å². The Balaban J connectivity index is 2.39. The summed E-state index contributed by atoms with van der Waals surface area (Å²) >= 11 is 0. The van der Waals surface area contributed by atoms with Gasteiger partial charge in [-0.1, -0.05) is 6.07 Å². The number of hydrogen-bond donors (Lipinski definition) is 0. The second-order valence-corrected chi connectivity index (χ2v) is 4.11. The van der Waals surface area contributed by atoms with Gasteiger partial charge in [-0.25, -0.2) is 0 Å². The number of rotatable bonds is 4. The number of nitro groups is 1. The summed E-state index contributed by atoms with van der Waals surface area (Å²) < 4.78 is 4.97. The Labute approximate surface area is 115 Å². The summed E-state index contributed by atoms with van der Waals surface area (Å²) in [5.74, 6) is 0.240. The van der Waals surface area contributed by atoms with Gasteiger partial charge >= 0.3 is 5.69 Å².